The summed E-state index contributed by atoms with van der Waals surface area (Å²) in [6.45, 7) is 3.52. The molecule has 3 aliphatic rings. The van der Waals surface area contributed by atoms with Crippen molar-refractivity contribution in [2.24, 2.45) is 16.8 Å². The first-order chi connectivity index (χ1) is 18.7. The van der Waals surface area contributed by atoms with Crippen molar-refractivity contribution in [1.82, 2.24) is 10.9 Å². The van der Waals surface area contributed by atoms with Crippen LogP contribution in [0.4, 0.5) is 14.5 Å². The molecule has 204 valence electrons. The van der Waals surface area contributed by atoms with Gasteiger partial charge in [-0.05, 0) is 68.0 Å². The lowest BCUT2D eigenvalue weighted by Crippen LogP contribution is -2.55. The number of aliphatic imine (C=N–C) groups is 1. The molecule has 39 heavy (non-hydrogen) atoms. The normalized spacial score (nSPS) is 25.6. The number of nitrogens with one attached hydrogen (secondary N) is 3. The van der Waals surface area contributed by atoms with E-state index in [1.165, 1.54) is 6.07 Å². The van der Waals surface area contributed by atoms with Gasteiger partial charge in [0.15, 0.2) is 11.6 Å². The van der Waals surface area contributed by atoms with Crippen molar-refractivity contribution < 1.29 is 23.1 Å². The van der Waals surface area contributed by atoms with Gasteiger partial charge in [0, 0.05) is 22.2 Å². The first-order valence-electron chi connectivity index (χ1n) is 12.5. The number of hydrazine groups is 1. The fourth-order valence-electron chi connectivity index (χ4n) is 5.93. The van der Waals surface area contributed by atoms with Gasteiger partial charge in [-0.1, -0.05) is 41.4 Å². The average molecular weight is 575 g/mol. The molecule has 0 aromatic heterocycles. The number of nitrogens with zero attached hydrogens (tertiary/aromatic N) is 1. The monoisotopic (exact) mass is 574 g/mol. The molecule has 2 aliphatic heterocycles. The molecule has 2 heterocycles. The third kappa shape index (κ3) is 4.67. The van der Waals surface area contributed by atoms with Gasteiger partial charge in [-0.2, -0.15) is 0 Å². The number of carbonyl (C=O) groups is 2. The summed E-state index contributed by atoms with van der Waals surface area (Å²) in [5.41, 5.74) is 4.45. The summed E-state index contributed by atoms with van der Waals surface area (Å²) in [6, 6.07) is 6.04. The number of ether oxygens (including phenoxy) is 1. The van der Waals surface area contributed by atoms with E-state index in [9.17, 15) is 14.0 Å². The number of hydrogen-bond donors (Lipinski definition) is 3. The van der Waals surface area contributed by atoms with Crippen LogP contribution in [0.5, 0.6) is 5.75 Å². The minimum absolute atomic E-state index is 0.0627. The minimum atomic E-state index is -1.50. The van der Waals surface area contributed by atoms with Crippen LogP contribution < -0.4 is 20.9 Å². The number of amides is 2. The molecule has 5 rings (SSSR count). The number of hydrogen-bond acceptors (Lipinski definition) is 5. The second kappa shape index (κ2) is 10.6. The van der Waals surface area contributed by atoms with Crippen LogP contribution in [0.15, 0.2) is 58.6 Å². The highest BCUT2D eigenvalue weighted by Crippen LogP contribution is 2.60. The molecular weight excluding hydrogens is 549 g/mol. The van der Waals surface area contributed by atoms with E-state index in [2.05, 4.69) is 16.2 Å². The minimum Gasteiger partial charge on any atom is -0.491 e. The van der Waals surface area contributed by atoms with Crippen LogP contribution in [0, 0.1) is 23.5 Å². The summed E-state index contributed by atoms with van der Waals surface area (Å²) in [6.07, 6.45) is 6.21. The van der Waals surface area contributed by atoms with Gasteiger partial charge in [-0.15, -0.1) is 0 Å². The molecule has 0 radical (unpaired) electrons. The lowest BCUT2D eigenvalue weighted by molar-refractivity contribution is -0.124. The molecule has 1 unspecified atom stereocenters. The maximum Gasteiger partial charge on any atom is 0.237 e. The molecule has 1 aliphatic carbocycles. The van der Waals surface area contributed by atoms with Gasteiger partial charge < -0.3 is 10.1 Å². The van der Waals surface area contributed by atoms with Gasteiger partial charge in [0.25, 0.3) is 0 Å². The molecule has 4 atom stereocenters. The van der Waals surface area contributed by atoms with E-state index in [0.717, 1.165) is 6.07 Å². The first-order valence-corrected chi connectivity index (χ1v) is 13.2. The molecule has 3 N–H and O–H groups in total. The molecule has 0 saturated carbocycles. The van der Waals surface area contributed by atoms with Crippen molar-refractivity contribution in [2.45, 2.75) is 44.2 Å². The van der Waals surface area contributed by atoms with E-state index in [1.807, 2.05) is 12.2 Å². The number of halogens is 4. The molecule has 1 spiro atoms. The lowest BCUT2D eigenvalue weighted by atomic mass is 9.57. The van der Waals surface area contributed by atoms with Crippen LogP contribution in [0.2, 0.25) is 5.02 Å². The Bertz CT molecular complexity index is 1430. The highest BCUT2D eigenvalue weighted by atomic mass is 35.5. The molecule has 0 bridgehead atoms. The van der Waals surface area contributed by atoms with E-state index >= 15 is 4.39 Å². The summed E-state index contributed by atoms with van der Waals surface area (Å²) in [5, 5.41) is 3.91. The van der Waals surface area contributed by atoms with E-state index in [0.29, 0.717) is 34.1 Å². The number of allylic oxidation sites excluding steroid dienone is 4. The summed E-state index contributed by atoms with van der Waals surface area (Å²) >= 11 is 12.7. The van der Waals surface area contributed by atoms with Gasteiger partial charge in [-0.3, -0.25) is 25.4 Å². The zero-order valence-electron chi connectivity index (χ0n) is 21.1. The number of amidine groups is 1. The highest BCUT2D eigenvalue weighted by molar-refractivity contribution is 6.31. The molecule has 2 aromatic carbocycles. The van der Waals surface area contributed by atoms with E-state index in [1.54, 1.807) is 38.1 Å². The van der Waals surface area contributed by atoms with Gasteiger partial charge in [0.05, 0.1) is 11.7 Å². The molecule has 11 heteroatoms. The summed E-state index contributed by atoms with van der Waals surface area (Å²) < 4.78 is 36.7. The molecule has 2 aromatic rings. The second-order valence-corrected chi connectivity index (χ2v) is 10.9. The van der Waals surface area contributed by atoms with Gasteiger partial charge in [0.2, 0.25) is 12.3 Å². The summed E-state index contributed by atoms with van der Waals surface area (Å²) in [5.74, 6) is -3.19. The number of rotatable bonds is 6. The van der Waals surface area contributed by atoms with Crippen molar-refractivity contribution in [3.63, 3.8) is 0 Å². The van der Waals surface area contributed by atoms with Crippen LogP contribution in [-0.2, 0) is 15.0 Å². The van der Waals surface area contributed by atoms with Gasteiger partial charge >= 0.3 is 0 Å². The Hall–Kier alpha value is -3.43. The van der Waals surface area contributed by atoms with E-state index in [-0.39, 0.29) is 35.6 Å². The predicted octanol–water partition coefficient (Wildman–Crippen LogP) is 5.70. The fraction of sp³-hybridized carbons (Fsp3) is 0.321. The Kier molecular flexibility index (Phi) is 7.39. The van der Waals surface area contributed by atoms with Crippen LogP contribution in [0.3, 0.4) is 0 Å². The zero-order chi connectivity index (χ0) is 27.9. The quantitative estimate of drug-likeness (QED) is 0.304. The van der Waals surface area contributed by atoms with Crippen LogP contribution in [0.25, 0.3) is 0 Å². The smallest absolute Gasteiger partial charge is 0.237 e. The van der Waals surface area contributed by atoms with Crippen LogP contribution >= 0.6 is 23.2 Å². The SMILES string of the molecule is CC(C)Oc1ccc(F)c(F)c1[C@H]1N=C(NNC=O)C[C@@H](C2C=CC=C(Cl)C2)[C@]12C(=O)Nc1cc(Cl)ccc12. The van der Waals surface area contributed by atoms with Crippen molar-refractivity contribution in [3.8, 4) is 5.75 Å². The van der Waals surface area contributed by atoms with Gasteiger partial charge in [0.1, 0.15) is 23.0 Å². The van der Waals surface area contributed by atoms with E-state index < -0.39 is 34.9 Å². The van der Waals surface area contributed by atoms with Crippen LogP contribution in [-0.4, -0.2) is 24.3 Å². The Balaban J connectivity index is 1.83. The standard InChI is InChI=1S/C28H26Cl2F2N4O3/c1-14(2)39-22-9-8-20(31)25(32)24(22)26-28(18-7-6-17(30)11-21(18)34-27(28)38)19(12-23(35-26)36-33-13-37)15-4-3-5-16(29)10-15/h3-9,11,13-15,19,26H,10,12H2,1-2H3,(H,33,37)(H,34,38)(H,35,36)/t15?,19-,26+,28-/m0/s1. The third-order valence-electron chi connectivity index (χ3n) is 7.35. The Labute approximate surface area is 234 Å². The maximum absolute atomic E-state index is 15.9. The van der Waals surface area contributed by atoms with Crippen molar-refractivity contribution in [3.05, 3.63) is 81.4 Å². The predicted molar refractivity (Wildman–Crippen MR) is 146 cm³/mol. The topological polar surface area (TPSA) is 91.8 Å². The summed E-state index contributed by atoms with van der Waals surface area (Å²) in [7, 11) is 0. The third-order valence-corrected chi connectivity index (χ3v) is 7.87. The number of anilines is 1. The van der Waals surface area contributed by atoms with E-state index in [4.69, 9.17) is 32.9 Å². The van der Waals surface area contributed by atoms with Crippen molar-refractivity contribution in [1.29, 1.82) is 0 Å². The van der Waals surface area contributed by atoms with Crippen molar-refractivity contribution in [2.75, 3.05) is 5.32 Å². The van der Waals surface area contributed by atoms with Crippen molar-refractivity contribution >= 4 is 47.0 Å². The van der Waals surface area contributed by atoms with Gasteiger partial charge in [-0.25, -0.2) is 8.78 Å². The average Bonchev–Trinajstić information content (AvgIpc) is 3.17. The molecular formula is C28H26Cl2F2N4O3. The summed E-state index contributed by atoms with van der Waals surface area (Å²) in [4.78, 5) is 30.1. The number of fused-ring (bicyclic) bond motifs is 2. The highest BCUT2D eigenvalue weighted by Gasteiger charge is 2.62. The molecule has 7 nitrogen and oxygen atoms in total. The fourth-order valence-corrected chi connectivity index (χ4v) is 6.35. The molecule has 0 saturated heterocycles. The maximum atomic E-state index is 15.9. The Morgan fingerprint density at radius 1 is 1.21 bits per heavy atom. The lowest BCUT2D eigenvalue weighted by Gasteiger charge is -2.47. The number of carbonyl (C=O) groups excluding carboxylic acids is 2. The zero-order valence-corrected chi connectivity index (χ0v) is 22.6. The Morgan fingerprint density at radius 2 is 2.00 bits per heavy atom. The number of benzene rings is 2. The Morgan fingerprint density at radius 3 is 2.72 bits per heavy atom. The second-order valence-electron chi connectivity index (χ2n) is 10.00. The van der Waals surface area contributed by atoms with Crippen LogP contribution in [0.1, 0.15) is 43.9 Å². The largest absolute Gasteiger partial charge is 0.491 e. The molecule has 2 amide bonds. The molecule has 0 fully saturated rings. The first kappa shape index (κ1) is 27.1.